The lowest BCUT2D eigenvalue weighted by molar-refractivity contribution is 0.602. The Balaban J connectivity index is 1.80. The van der Waals surface area contributed by atoms with Crippen LogP contribution in [0.15, 0.2) is 41.3 Å². The Morgan fingerprint density at radius 3 is 2.73 bits per heavy atom. The van der Waals surface area contributed by atoms with Crippen molar-refractivity contribution in [1.82, 2.24) is 15.0 Å². The number of hydrogen-bond donors (Lipinski definition) is 2. The van der Waals surface area contributed by atoms with E-state index in [9.17, 15) is 13.6 Å². The molecule has 0 spiro atoms. The molecule has 2 N–H and O–H groups in total. The van der Waals surface area contributed by atoms with Crippen LogP contribution in [0.1, 0.15) is 11.3 Å². The summed E-state index contributed by atoms with van der Waals surface area (Å²) in [6, 6.07) is 6.91. The zero-order valence-corrected chi connectivity index (χ0v) is 14.6. The highest BCUT2D eigenvalue weighted by molar-refractivity contribution is 6.30. The molecule has 1 aromatic carbocycles. The lowest BCUT2D eigenvalue weighted by Crippen LogP contribution is -2.10. The van der Waals surface area contributed by atoms with E-state index in [4.69, 9.17) is 11.6 Å². The van der Waals surface area contributed by atoms with Crippen LogP contribution < -0.4 is 10.9 Å². The summed E-state index contributed by atoms with van der Waals surface area (Å²) in [6.07, 6.45) is 2.19. The highest BCUT2D eigenvalue weighted by atomic mass is 35.5. The minimum Gasteiger partial charge on any atom is -0.370 e. The van der Waals surface area contributed by atoms with E-state index >= 15 is 0 Å². The van der Waals surface area contributed by atoms with Gasteiger partial charge in [0.05, 0.1) is 10.6 Å². The number of pyridine rings is 1. The number of aromatic amines is 1. The number of rotatable bonds is 5. The van der Waals surface area contributed by atoms with Crippen LogP contribution in [-0.4, -0.2) is 21.5 Å². The fourth-order valence-corrected chi connectivity index (χ4v) is 2.60. The smallest absolute Gasteiger partial charge is 0.248 e. The fraction of sp³-hybridized carbons (Fsp3) is 0.167. The van der Waals surface area contributed by atoms with Crippen molar-refractivity contribution in [2.75, 3.05) is 11.9 Å². The largest absolute Gasteiger partial charge is 0.370 e. The van der Waals surface area contributed by atoms with Crippen LogP contribution in [0.25, 0.3) is 11.4 Å². The number of aryl methyl sites for hydroxylation is 1. The summed E-state index contributed by atoms with van der Waals surface area (Å²) in [4.78, 5) is 22.2. The van der Waals surface area contributed by atoms with Crippen molar-refractivity contribution < 1.29 is 8.78 Å². The summed E-state index contributed by atoms with van der Waals surface area (Å²) in [6.45, 7) is 2.24. The molecular formula is C18H15ClF2N4O. The van der Waals surface area contributed by atoms with E-state index in [0.717, 1.165) is 17.7 Å². The maximum Gasteiger partial charge on any atom is 0.248 e. The number of halogens is 3. The van der Waals surface area contributed by atoms with Gasteiger partial charge in [0.2, 0.25) is 5.56 Å². The van der Waals surface area contributed by atoms with E-state index in [1.165, 1.54) is 6.07 Å². The molecule has 0 aliphatic carbocycles. The van der Waals surface area contributed by atoms with E-state index in [0.29, 0.717) is 24.5 Å². The van der Waals surface area contributed by atoms with Gasteiger partial charge in [0.15, 0.2) is 5.82 Å². The van der Waals surface area contributed by atoms with E-state index in [1.807, 2.05) is 6.07 Å². The second-order valence-electron chi connectivity index (χ2n) is 5.70. The van der Waals surface area contributed by atoms with Crippen LogP contribution in [0, 0.1) is 18.6 Å². The predicted molar refractivity (Wildman–Crippen MR) is 96.4 cm³/mol. The van der Waals surface area contributed by atoms with Crippen molar-refractivity contribution in [3.05, 3.63) is 74.8 Å². The Hall–Kier alpha value is -2.80. The number of H-pyrrole nitrogens is 1. The van der Waals surface area contributed by atoms with Gasteiger partial charge in [0, 0.05) is 30.6 Å². The second kappa shape index (κ2) is 7.61. The molecule has 0 saturated carbocycles. The van der Waals surface area contributed by atoms with Gasteiger partial charge in [0.25, 0.3) is 0 Å². The molecule has 2 heterocycles. The van der Waals surface area contributed by atoms with Gasteiger partial charge in [-0.25, -0.2) is 18.7 Å². The molecule has 0 amide bonds. The van der Waals surface area contributed by atoms with E-state index in [-0.39, 0.29) is 22.0 Å². The molecule has 0 aliphatic rings. The van der Waals surface area contributed by atoms with Crippen LogP contribution in [0.2, 0.25) is 5.02 Å². The molecule has 3 aromatic rings. The number of nitrogens with one attached hydrogen (secondary N) is 2. The molecule has 0 unspecified atom stereocenters. The average Bonchev–Trinajstić information content (AvgIpc) is 2.58. The average molecular weight is 377 g/mol. The second-order valence-corrected chi connectivity index (χ2v) is 6.11. The lowest BCUT2D eigenvalue weighted by Gasteiger charge is -2.10. The van der Waals surface area contributed by atoms with Gasteiger partial charge in [-0.1, -0.05) is 11.6 Å². The van der Waals surface area contributed by atoms with Crippen LogP contribution in [0.3, 0.4) is 0 Å². The molecule has 26 heavy (non-hydrogen) atoms. The van der Waals surface area contributed by atoms with Gasteiger partial charge in [-0.05, 0) is 37.1 Å². The molecule has 0 fully saturated rings. The quantitative estimate of drug-likeness (QED) is 0.666. The van der Waals surface area contributed by atoms with Gasteiger partial charge >= 0.3 is 0 Å². The maximum atomic E-state index is 14.1. The van der Waals surface area contributed by atoms with Crippen molar-refractivity contribution in [3.63, 3.8) is 0 Å². The first-order valence-electron chi connectivity index (χ1n) is 7.84. The van der Waals surface area contributed by atoms with Gasteiger partial charge in [0.1, 0.15) is 17.5 Å². The Bertz CT molecular complexity index is 1010. The number of nitrogens with zero attached hydrogens (tertiary/aromatic N) is 2. The summed E-state index contributed by atoms with van der Waals surface area (Å²) in [5, 5.41) is 2.81. The fourth-order valence-electron chi connectivity index (χ4n) is 2.45. The maximum absolute atomic E-state index is 14.1. The third-order valence-corrected chi connectivity index (χ3v) is 3.95. The molecule has 0 atom stereocenters. The molecule has 0 radical (unpaired) electrons. The zero-order valence-electron chi connectivity index (χ0n) is 13.8. The lowest BCUT2D eigenvalue weighted by atomic mass is 10.2. The molecule has 5 nitrogen and oxygen atoms in total. The number of anilines is 1. The molecule has 3 rings (SSSR count). The number of hydrogen-bond acceptors (Lipinski definition) is 4. The molecular weight excluding hydrogens is 362 g/mol. The molecule has 134 valence electrons. The molecule has 0 bridgehead atoms. The first kappa shape index (κ1) is 18.0. The molecule has 2 aromatic heterocycles. The molecule has 8 heteroatoms. The first-order chi connectivity index (χ1) is 12.4. The van der Waals surface area contributed by atoms with Crippen molar-refractivity contribution >= 4 is 17.4 Å². The third kappa shape index (κ3) is 4.23. The SMILES string of the molecule is Cc1cc(NCCc2cc[nH]c(=O)c2)nc(-c2cc(F)c(Cl)cc2F)n1. The Morgan fingerprint density at radius 2 is 1.96 bits per heavy atom. The normalized spacial score (nSPS) is 10.8. The van der Waals surface area contributed by atoms with Crippen molar-refractivity contribution in [2.24, 2.45) is 0 Å². The standard InChI is InChI=1S/C18H15ClF2N4O/c1-10-6-16(22-4-2-11-3-5-23-17(26)7-11)25-18(24-10)12-8-15(21)13(19)9-14(12)20/h3,5-9H,2,4H2,1H3,(H,23,26)(H,22,24,25). The predicted octanol–water partition coefficient (Wildman–Crippen LogP) is 3.73. The minimum atomic E-state index is -0.739. The first-order valence-corrected chi connectivity index (χ1v) is 8.22. The molecule has 0 saturated heterocycles. The van der Waals surface area contributed by atoms with E-state index in [1.54, 1.807) is 19.2 Å². The Kier molecular flexibility index (Phi) is 5.27. The summed E-state index contributed by atoms with van der Waals surface area (Å²) in [7, 11) is 0. The summed E-state index contributed by atoms with van der Waals surface area (Å²) in [5.41, 5.74) is 1.25. The van der Waals surface area contributed by atoms with Crippen molar-refractivity contribution in [2.45, 2.75) is 13.3 Å². The highest BCUT2D eigenvalue weighted by Gasteiger charge is 2.14. The summed E-state index contributed by atoms with van der Waals surface area (Å²) >= 11 is 5.58. The Labute approximate surface area is 153 Å². The summed E-state index contributed by atoms with van der Waals surface area (Å²) < 4.78 is 27.8. The van der Waals surface area contributed by atoms with Crippen LogP contribution >= 0.6 is 11.6 Å². The number of aromatic nitrogens is 3. The topological polar surface area (TPSA) is 70.7 Å². The van der Waals surface area contributed by atoms with Crippen molar-refractivity contribution in [1.29, 1.82) is 0 Å². The zero-order chi connectivity index (χ0) is 18.7. The monoisotopic (exact) mass is 376 g/mol. The van der Waals surface area contributed by atoms with Crippen molar-refractivity contribution in [3.8, 4) is 11.4 Å². The van der Waals surface area contributed by atoms with E-state index in [2.05, 4.69) is 20.3 Å². The van der Waals surface area contributed by atoms with E-state index < -0.39 is 11.6 Å². The van der Waals surface area contributed by atoms with Crippen LogP contribution in [0.4, 0.5) is 14.6 Å². The van der Waals surface area contributed by atoms with Gasteiger partial charge in [-0.3, -0.25) is 4.79 Å². The van der Waals surface area contributed by atoms with Gasteiger partial charge in [-0.2, -0.15) is 0 Å². The summed E-state index contributed by atoms with van der Waals surface area (Å²) in [5.74, 6) is -0.891. The van der Waals surface area contributed by atoms with Crippen LogP contribution in [0.5, 0.6) is 0 Å². The number of benzene rings is 1. The van der Waals surface area contributed by atoms with Gasteiger partial charge in [-0.15, -0.1) is 0 Å². The highest BCUT2D eigenvalue weighted by Crippen LogP contribution is 2.26. The van der Waals surface area contributed by atoms with Crippen LogP contribution in [-0.2, 0) is 6.42 Å². The minimum absolute atomic E-state index is 0.0618. The molecule has 0 aliphatic heterocycles. The Morgan fingerprint density at radius 1 is 1.15 bits per heavy atom. The third-order valence-electron chi connectivity index (χ3n) is 3.66. The van der Waals surface area contributed by atoms with Gasteiger partial charge < -0.3 is 10.3 Å².